The Morgan fingerprint density at radius 3 is 2.57 bits per heavy atom. The summed E-state index contributed by atoms with van der Waals surface area (Å²) in [5.74, 6) is 0.0982. The first-order chi connectivity index (χ1) is 10.5. The highest BCUT2D eigenvalue weighted by Gasteiger charge is 2.25. The lowest BCUT2D eigenvalue weighted by atomic mass is 10.2. The Bertz CT molecular complexity index is 539. The molecule has 0 aliphatic carbocycles. The first-order valence-corrected chi connectivity index (χ1v) is 8.40. The molecule has 0 radical (unpaired) electrons. The molecule has 2 rings (SSSR count). The Morgan fingerprint density at radius 2 is 2.00 bits per heavy atom. The van der Waals surface area contributed by atoms with Gasteiger partial charge in [-0.15, -0.1) is 24.2 Å². The zero-order valence-electron chi connectivity index (χ0n) is 13.7. The summed E-state index contributed by atoms with van der Waals surface area (Å²) in [6, 6.07) is 7.92. The van der Waals surface area contributed by atoms with E-state index in [2.05, 4.69) is 17.6 Å². The summed E-state index contributed by atoms with van der Waals surface area (Å²) < 4.78 is 0. The van der Waals surface area contributed by atoms with Crippen LogP contribution in [-0.4, -0.2) is 47.6 Å². The van der Waals surface area contributed by atoms with Gasteiger partial charge < -0.3 is 15.5 Å². The second kappa shape index (κ2) is 9.15. The van der Waals surface area contributed by atoms with Crippen molar-refractivity contribution in [3.8, 4) is 0 Å². The smallest absolute Gasteiger partial charge is 0.235 e. The van der Waals surface area contributed by atoms with Crippen LogP contribution in [0.4, 0.5) is 5.69 Å². The summed E-state index contributed by atoms with van der Waals surface area (Å²) >= 11 is 1.55. The van der Waals surface area contributed by atoms with Gasteiger partial charge in [-0.05, 0) is 38.1 Å². The van der Waals surface area contributed by atoms with Crippen LogP contribution in [0.2, 0.25) is 0 Å². The highest BCUT2D eigenvalue weighted by Crippen LogP contribution is 2.26. The molecule has 1 heterocycles. The standard InChI is InChI=1S/C16H23N3O2S.ClH/c1-11-10-19(9-8-17-11)16(21)12(2)22-15-6-4-14(5-7-15)18-13(3)20;/h4-7,11-12,17H,8-10H2,1-3H3,(H,18,20);1H. The van der Waals surface area contributed by atoms with E-state index >= 15 is 0 Å². The van der Waals surface area contributed by atoms with Gasteiger partial charge in [0, 0.05) is 43.2 Å². The van der Waals surface area contributed by atoms with Crippen LogP contribution in [0.3, 0.4) is 0 Å². The van der Waals surface area contributed by atoms with E-state index < -0.39 is 0 Å². The van der Waals surface area contributed by atoms with E-state index in [0.29, 0.717) is 6.04 Å². The Balaban J connectivity index is 0.00000264. The van der Waals surface area contributed by atoms with Gasteiger partial charge in [0.15, 0.2) is 0 Å². The molecule has 1 aromatic carbocycles. The molecule has 7 heteroatoms. The van der Waals surface area contributed by atoms with E-state index in [-0.39, 0.29) is 29.5 Å². The van der Waals surface area contributed by atoms with Gasteiger partial charge in [0.05, 0.1) is 5.25 Å². The molecule has 0 aromatic heterocycles. The van der Waals surface area contributed by atoms with E-state index in [1.54, 1.807) is 11.8 Å². The maximum atomic E-state index is 12.5. The largest absolute Gasteiger partial charge is 0.339 e. The zero-order chi connectivity index (χ0) is 16.1. The molecule has 1 saturated heterocycles. The summed E-state index contributed by atoms with van der Waals surface area (Å²) in [4.78, 5) is 26.4. The lowest BCUT2D eigenvalue weighted by molar-refractivity contribution is -0.131. The fourth-order valence-electron chi connectivity index (χ4n) is 2.46. The quantitative estimate of drug-likeness (QED) is 0.812. The third-order valence-electron chi connectivity index (χ3n) is 3.52. The average molecular weight is 358 g/mol. The van der Waals surface area contributed by atoms with Crippen molar-refractivity contribution in [2.75, 3.05) is 25.0 Å². The normalized spacial score (nSPS) is 18.7. The number of carbonyl (C=O) groups is 2. The number of carbonyl (C=O) groups excluding carboxylic acids is 2. The summed E-state index contributed by atoms with van der Waals surface area (Å²) in [6.07, 6.45) is 0. The lowest BCUT2D eigenvalue weighted by Crippen LogP contribution is -2.53. The Kier molecular flexibility index (Phi) is 7.88. The number of piperazine rings is 1. The zero-order valence-corrected chi connectivity index (χ0v) is 15.3. The molecule has 1 aromatic rings. The highest BCUT2D eigenvalue weighted by molar-refractivity contribution is 8.00. The molecular weight excluding hydrogens is 334 g/mol. The van der Waals surface area contributed by atoms with Gasteiger partial charge in [-0.25, -0.2) is 0 Å². The second-order valence-corrected chi connectivity index (χ2v) is 7.02. The third-order valence-corrected chi connectivity index (χ3v) is 4.62. The molecular formula is C16H24ClN3O2S. The number of hydrogen-bond donors (Lipinski definition) is 2. The maximum Gasteiger partial charge on any atom is 0.235 e. The van der Waals surface area contributed by atoms with Crippen LogP contribution in [0.15, 0.2) is 29.2 Å². The van der Waals surface area contributed by atoms with Gasteiger partial charge in [0.2, 0.25) is 11.8 Å². The molecule has 0 bridgehead atoms. The molecule has 23 heavy (non-hydrogen) atoms. The molecule has 1 aliphatic heterocycles. The fourth-order valence-corrected chi connectivity index (χ4v) is 3.42. The van der Waals surface area contributed by atoms with Crippen LogP contribution in [0.1, 0.15) is 20.8 Å². The Morgan fingerprint density at radius 1 is 1.35 bits per heavy atom. The topological polar surface area (TPSA) is 61.4 Å². The molecule has 0 spiro atoms. The molecule has 0 saturated carbocycles. The number of halogens is 1. The van der Waals surface area contributed by atoms with E-state index in [0.717, 1.165) is 30.2 Å². The summed E-state index contributed by atoms with van der Waals surface area (Å²) in [5.41, 5.74) is 0.770. The number of benzene rings is 1. The van der Waals surface area contributed by atoms with Crippen LogP contribution < -0.4 is 10.6 Å². The van der Waals surface area contributed by atoms with Crippen LogP contribution >= 0.6 is 24.2 Å². The van der Waals surface area contributed by atoms with Crippen LogP contribution in [0.25, 0.3) is 0 Å². The summed E-state index contributed by atoms with van der Waals surface area (Å²) in [7, 11) is 0. The van der Waals surface area contributed by atoms with Gasteiger partial charge in [-0.2, -0.15) is 0 Å². The monoisotopic (exact) mass is 357 g/mol. The number of hydrogen-bond acceptors (Lipinski definition) is 4. The minimum Gasteiger partial charge on any atom is -0.339 e. The van der Waals surface area contributed by atoms with E-state index in [9.17, 15) is 9.59 Å². The van der Waals surface area contributed by atoms with Crippen molar-refractivity contribution >= 4 is 41.7 Å². The first kappa shape index (κ1) is 19.8. The Hall–Kier alpha value is -1.24. The molecule has 128 valence electrons. The summed E-state index contributed by atoms with van der Waals surface area (Å²) in [5, 5.41) is 5.96. The van der Waals surface area contributed by atoms with E-state index in [4.69, 9.17) is 0 Å². The number of thioether (sulfide) groups is 1. The van der Waals surface area contributed by atoms with Gasteiger partial charge >= 0.3 is 0 Å². The third kappa shape index (κ3) is 6.05. The first-order valence-electron chi connectivity index (χ1n) is 7.52. The van der Waals surface area contributed by atoms with Crippen molar-refractivity contribution in [1.29, 1.82) is 0 Å². The van der Waals surface area contributed by atoms with Crippen molar-refractivity contribution in [2.24, 2.45) is 0 Å². The van der Waals surface area contributed by atoms with Crippen molar-refractivity contribution in [1.82, 2.24) is 10.2 Å². The van der Waals surface area contributed by atoms with Gasteiger partial charge in [-0.3, -0.25) is 9.59 Å². The predicted octanol–water partition coefficient (Wildman–Crippen LogP) is 2.37. The molecule has 2 atom stereocenters. The fraction of sp³-hybridized carbons (Fsp3) is 0.500. The molecule has 1 aliphatic rings. The minimum atomic E-state index is -0.114. The molecule has 2 unspecified atom stereocenters. The number of nitrogens with one attached hydrogen (secondary N) is 2. The van der Waals surface area contributed by atoms with E-state index in [1.165, 1.54) is 6.92 Å². The summed E-state index contributed by atoms with van der Waals surface area (Å²) in [6.45, 7) is 7.92. The van der Waals surface area contributed by atoms with Crippen molar-refractivity contribution in [2.45, 2.75) is 37.0 Å². The maximum absolute atomic E-state index is 12.5. The minimum absolute atomic E-state index is 0. The molecule has 1 fully saturated rings. The van der Waals surface area contributed by atoms with Crippen LogP contribution in [0, 0.1) is 0 Å². The average Bonchev–Trinajstić information content (AvgIpc) is 2.48. The van der Waals surface area contributed by atoms with Crippen LogP contribution in [0.5, 0.6) is 0 Å². The predicted molar refractivity (Wildman–Crippen MR) is 97.4 cm³/mol. The molecule has 5 nitrogen and oxygen atoms in total. The van der Waals surface area contributed by atoms with Gasteiger partial charge in [-0.1, -0.05) is 0 Å². The highest BCUT2D eigenvalue weighted by atomic mass is 35.5. The van der Waals surface area contributed by atoms with Crippen molar-refractivity contribution < 1.29 is 9.59 Å². The molecule has 2 amide bonds. The SMILES string of the molecule is CC(=O)Nc1ccc(SC(C)C(=O)N2CCNC(C)C2)cc1.Cl. The van der Waals surface area contributed by atoms with Crippen LogP contribution in [-0.2, 0) is 9.59 Å². The number of nitrogens with zero attached hydrogens (tertiary/aromatic N) is 1. The van der Waals surface area contributed by atoms with Gasteiger partial charge in [0.25, 0.3) is 0 Å². The number of anilines is 1. The van der Waals surface area contributed by atoms with Gasteiger partial charge in [0.1, 0.15) is 0 Å². The van der Waals surface area contributed by atoms with E-state index in [1.807, 2.05) is 36.1 Å². The molecule has 2 N–H and O–H groups in total. The second-order valence-electron chi connectivity index (χ2n) is 5.61. The number of rotatable bonds is 4. The van der Waals surface area contributed by atoms with Crippen molar-refractivity contribution in [3.05, 3.63) is 24.3 Å². The lowest BCUT2D eigenvalue weighted by Gasteiger charge is -2.33. The number of amides is 2. The Labute approximate surface area is 148 Å². The van der Waals surface area contributed by atoms with Crippen molar-refractivity contribution in [3.63, 3.8) is 0 Å².